The monoisotopic (exact) mass is 448 g/mol. The van der Waals surface area contributed by atoms with E-state index in [1.807, 2.05) is 24.3 Å². The van der Waals surface area contributed by atoms with Gasteiger partial charge in [-0.3, -0.25) is 14.6 Å². The average Bonchev–Trinajstić information content (AvgIpc) is 2.78. The molecule has 2 N–H and O–H groups in total. The number of nitrogens with zero attached hydrogens (tertiary/aromatic N) is 2. The van der Waals surface area contributed by atoms with Crippen LogP contribution in [0.15, 0.2) is 42.6 Å². The minimum atomic E-state index is -0.285. The van der Waals surface area contributed by atoms with E-state index in [9.17, 15) is 9.59 Å². The molecule has 4 fully saturated rings. The maximum absolute atomic E-state index is 13.3. The molecule has 0 aliphatic heterocycles. The van der Waals surface area contributed by atoms with Crippen LogP contribution in [0.2, 0.25) is 0 Å². The van der Waals surface area contributed by atoms with Crippen LogP contribution in [-0.2, 0) is 11.2 Å². The lowest BCUT2D eigenvalue weighted by atomic mass is 9.49. The third kappa shape index (κ3) is 4.64. The molecule has 4 bridgehead atoms. The van der Waals surface area contributed by atoms with Crippen LogP contribution in [-0.4, -0.2) is 46.6 Å². The summed E-state index contributed by atoms with van der Waals surface area (Å²) < 4.78 is 5.12. The van der Waals surface area contributed by atoms with Crippen LogP contribution in [0.1, 0.15) is 71.6 Å². The van der Waals surface area contributed by atoms with Crippen LogP contribution in [0, 0.1) is 11.8 Å². The van der Waals surface area contributed by atoms with Gasteiger partial charge in [0.1, 0.15) is 11.4 Å². The van der Waals surface area contributed by atoms with Gasteiger partial charge in [-0.15, -0.1) is 0 Å². The first-order chi connectivity index (χ1) is 16.0. The molecule has 2 heterocycles. The maximum Gasteiger partial charge on any atom is 0.270 e. The number of carbonyl (C=O) groups is 2. The Morgan fingerprint density at radius 1 is 0.970 bits per heavy atom. The number of methoxy groups -OCH3 is 1. The predicted molar refractivity (Wildman–Crippen MR) is 124 cm³/mol. The van der Waals surface area contributed by atoms with Crippen LogP contribution in [0.4, 0.5) is 0 Å². The molecule has 7 heteroatoms. The van der Waals surface area contributed by atoms with Gasteiger partial charge >= 0.3 is 0 Å². The molecular weight excluding hydrogens is 416 g/mol. The lowest BCUT2D eigenvalue weighted by Gasteiger charge is -2.62. The van der Waals surface area contributed by atoms with Gasteiger partial charge in [0, 0.05) is 36.7 Å². The average molecular weight is 449 g/mol. The smallest absolute Gasteiger partial charge is 0.270 e. The normalized spacial score (nSPS) is 29.6. The van der Waals surface area contributed by atoms with Crippen molar-refractivity contribution in [3.8, 4) is 0 Å². The summed E-state index contributed by atoms with van der Waals surface area (Å²) in [7, 11) is 1.69. The number of hydrogen-bond acceptors (Lipinski definition) is 5. The van der Waals surface area contributed by atoms with E-state index in [4.69, 9.17) is 4.74 Å². The van der Waals surface area contributed by atoms with E-state index in [0.29, 0.717) is 29.8 Å². The number of amides is 2. The molecule has 4 saturated carbocycles. The number of rotatable bonds is 8. The summed E-state index contributed by atoms with van der Waals surface area (Å²) in [4.78, 5) is 35.0. The number of carbonyl (C=O) groups excluding carboxylic acids is 2. The third-order valence-corrected chi connectivity index (χ3v) is 7.54. The van der Waals surface area contributed by atoms with Gasteiger partial charge in [-0.2, -0.15) is 0 Å². The van der Waals surface area contributed by atoms with E-state index < -0.39 is 0 Å². The zero-order chi connectivity index (χ0) is 22.9. The molecule has 2 aromatic heterocycles. The topological polar surface area (TPSA) is 93.2 Å². The second-order valence-electron chi connectivity index (χ2n) is 10.3. The Morgan fingerprint density at radius 3 is 2.27 bits per heavy atom. The van der Waals surface area contributed by atoms with Gasteiger partial charge in [-0.1, -0.05) is 12.1 Å². The summed E-state index contributed by atoms with van der Waals surface area (Å²) in [6, 6.07) is 11.0. The Morgan fingerprint density at radius 2 is 1.64 bits per heavy atom. The number of ether oxygens (including phenoxy) is 1. The van der Waals surface area contributed by atoms with Crippen molar-refractivity contribution in [3.05, 3.63) is 59.7 Å². The van der Waals surface area contributed by atoms with Gasteiger partial charge < -0.3 is 15.4 Å². The number of aryl methyl sites for hydroxylation is 1. The molecule has 0 saturated heterocycles. The van der Waals surface area contributed by atoms with E-state index >= 15 is 0 Å². The highest BCUT2D eigenvalue weighted by Gasteiger charge is 2.58. The quantitative estimate of drug-likeness (QED) is 0.605. The lowest BCUT2D eigenvalue weighted by molar-refractivity contribution is -0.0449. The van der Waals surface area contributed by atoms with Crippen molar-refractivity contribution in [2.24, 2.45) is 11.8 Å². The van der Waals surface area contributed by atoms with Crippen molar-refractivity contribution in [1.82, 2.24) is 20.6 Å². The first kappa shape index (κ1) is 22.0. The standard InChI is InChI=1S/C26H32N4O3/c1-33-11-5-7-20-6-4-9-22(28-20)24(32)30-26-15-18-12-19(16-26)14-25(13-18,17-26)29-23(31)21-8-2-3-10-27-21/h2-4,6,8-10,18-19H,5,7,11-17H2,1H3,(H,29,31)(H,30,32). The second kappa shape index (κ2) is 8.86. The van der Waals surface area contributed by atoms with Gasteiger partial charge in [0.15, 0.2) is 0 Å². The molecule has 174 valence electrons. The Labute approximate surface area is 194 Å². The molecule has 7 nitrogen and oxygen atoms in total. The highest BCUT2D eigenvalue weighted by molar-refractivity contribution is 5.93. The third-order valence-electron chi connectivity index (χ3n) is 7.54. The van der Waals surface area contributed by atoms with Crippen molar-refractivity contribution in [3.63, 3.8) is 0 Å². The van der Waals surface area contributed by atoms with Crippen molar-refractivity contribution < 1.29 is 14.3 Å². The predicted octanol–water partition coefficient (Wildman–Crippen LogP) is 3.31. The molecule has 4 aliphatic carbocycles. The first-order valence-electron chi connectivity index (χ1n) is 12.0. The number of pyridine rings is 2. The molecule has 2 amide bonds. The fourth-order valence-corrected chi connectivity index (χ4v) is 6.80. The van der Waals surface area contributed by atoms with Gasteiger partial charge in [0.05, 0.1) is 0 Å². The number of hydrogen-bond donors (Lipinski definition) is 2. The fraction of sp³-hybridized carbons (Fsp3) is 0.538. The molecule has 33 heavy (non-hydrogen) atoms. The molecule has 6 rings (SSSR count). The van der Waals surface area contributed by atoms with Crippen LogP contribution in [0.5, 0.6) is 0 Å². The van der Waals surface area contributed by atoms with E-state index in [2.05, 4.69) is 20.6 Å². The fourth-order valence-electron chi connectivity index (χ4n) is 6.80. The van der Waals surface area contributed by atoms with Crippen molar-refractivity contribution in [2.75, 3.05) is 13.7 Å². The SMILES string of the molecule is COCCCc1cccc(C(=O)NC23CC4CC(CC(NC(=O)c5ccccn5)(C4)C2)C3)n1. The van der Waals surface area contributed by atoms with Gasteiger partial charge in [0.25, 0.3) is 11.8 Å². The summed E-state index contributed by atoms with van der Waals surface area (Å²) in [5, 5.41) is 6.72. The molecule has 2 aromatic rings. The van der Waals surface area contributed by atoms with Crippen molar-refractivity contribution >= 4 is 11.8 Å². The number of aromatic nitrogens is 2. The minimum absolute atomic E-state index is 0.114. The summed E-state index contributed by atoms with van der Waals surface area (Å²) in [6.45, 7) is 0.677. The molecule has 4 aliphatic rings. The Hall–Kier alpha value is -2.80. The van der Waals surface area contributed by atoms with E-state index in [0.717, 1.165) is 50.6 Å². The number of nitrogens with one attached hydrogen (secondary N) is 2. The zero-order valence-corrected chi connectivity index (χ0v) is 19.2. The van der Waals surface area contributed by atoms with Crippen LogP contribution in [0.3, 0.4) is 0 Å². The summed E-state index contributed by atoms with van der Waals surface area (Å²) in [6.07, 6.45) is 9.17. The summed E-state index contributed by atoms with van der Waals surface area (Å²) in [5.41, 5.74) is 1.26. The second-order valence-corrected chi connectivity index (χ2v) is 10.3. The summed E-state index contributed by atoms with van der Waals surface area (Å²) >= 11 is 0. The minimum Gasteiger partial charge on any atom is -0.385 e. The van der Waals surface area contributed by atoms with E-state index in [1.54, 1.807) is 25.4 Å². The van der Waals surface area contributed by atoms with E-state index in [1.165, 1.54) is 6.42 Å². The first-order valence-corrected chi connectivity index (χ1v) is 12.0. The highest BCUT2D eigenvalue weighted by Crippen LogP contribution is 2.57. The largest absolute Gasteiger partial charge is 0.385 e. The van der Waals surface area contributed by atoms with Gasteiger partial charge in [0.2, 0.25) is 0 Å². The molecular formula is C26H32N4O3. The van der Waals surface area contributed by atoms with Crippen LogP contribution < -0.4 is 10.6 Å². The molecule has 0 aromatic carbocycles. The molecule has 2 unspecified atom stereocenters. The Balaban J connectivity index is 1.31. The van der Waals surface area contributed by atoms with Crippen molar-refractivity contribution in [2.45, 2.75) is 62.4 Å². The van der Waals surface area contributed by atoms with Crippen LogP contribution >= 0.6 is 0 Å². The molecule has 2 atom stereocenters. The van der Waals surface area contributed by atoms with Crippen LogP contribution in [0.25, 0.3) is 0 Å². The highest BCUT2D eigenvalue weighted by atomic mass is 16.5. The van der Waals surface area contributed by atoms with Crippen molar-refractivity contribution in [1.29, 1.82) is 0 Å². The lowest BCUT2D eigenvalue weighted by Crippen LogP contribution is -2.70. The zero-order valence-electron chi connectivity index (χ0n) is 19.2. The Kier molecular flexibility index (Phi) is 5.91. The summed E-state index contributed by atoms with van der Waals surface area (Å²) in [5.74, 6) is 0.800. The van der Waals surface area contributed by atoms with Gasteiger partial charge in [-0.05, 0) is 87.5 Å². The Bertz CT molecular complexity index is 1010. The maximum atomic E-state index is 13.3. The molecule has 0 radical (unpaired) electrons. The van der Waals surface area contributed by atoms with Gasteiger partial charge in [-0.25, -0.2) is 4.98 Å². The van der Waals surface area contributed by atoms with E-state index in [-0.39, 0.29) is 22.9 Å². The molecule has 0 spiro atoms.